The van der Waals surface area contributed by atoms with Gasteiger partial charge >= 0.3 is 0 Å². The average Bonchev–Trinajstić information content (AvgIpc) is 3.00. The van der Waals surface area contributed by atoms with Crippen molar-refractivity contribution < 1.29 is 9.59 Å². The minimum atomic E-state index is -0.251. The molecule has 1 aromatic heterocycles. The molecule has 9 heteroatoms. The van der Waals surface area contributed by atoms with Gasteiger partial charge in [-0.1, -0.05) is 45.0 Å². The van der Waals surface area contributed by atoms with E-state index in [-0.39, 0.29) is 28.6 Å². The maximum absolute atomic E-state index is 13.1. The summed E-state index contributed by atoms with van der Waals surface area (Å²) in [6.45, 7) is 12.9. The van der Waals surface area contributed by atoms with E-state index in [1.807, 2.05) is 78.6 Å². The van der Waals surface area contributed by atoms with Crippen LogP contribution in [0.15, 0.2) is 77.7 Å². The Bertz CT molecular complexity index is 1730. The summed E-state index contributed by atoms with van der Waals surface area (Å²) in [7, 11) is 1.70. The number of rotatable bonds is 6. The van der Waals surface area contributed by atoms with Gasteiger partial charge < -0.3 is 25.0 Å². The molecule has 3 aromatic carbocycles. The zero-order valence-corrected chi connectivity index (χ0v) is 26.3. The Labute approximate surface area is 258 Å². The zero-order valence-electron chi connectivity index (χ0n) is 26.3. The summed E-state index contributed by atoms with van der Waals surface area (Å²) in [6.07, 6.45) is 1.70. The Morgan fingerprint density at radius 1 is 0.886 bits per heavy atom. The lowest BCUT2D eigenvalue weighted by Crippen LogP contribution is -2.48. The van der Waals surface area contributed by atoms with Crippen LogP contribution in [0.25, 0.3) is 11.3 Å². The lowest BCUT2D eigenvalue weighted by Gasteiger charge is -2.35. The predicted octanol–water partition coefficient (Wildman–Crippen LogP) is 5.72. The Hall–Kier alpha value is -4.92. The number of aryl methyl sites for hydroxylation is 1. The Morgan fingerprint density at radius 3 is 2.16 bits per heavy atom. The van der Waals surface area contributed by atoms with Crippen LogP contribution in [-0.2, 0) is 17.3 Å². The Morgan fingerprint density at radius 2 is 1.55 bits per heavy atom. The molecule has 2 amide bonds. The minimum absolute atomic E-state index is 0.00768. The van der Waals surface area contributed by atoms with E-state index < -0.39 is 0 Å². The molecular weight excluding hydrogens is 552 g/mol. The topological polar surface area (TPSA) is 99.6 Å². The van der Waals surface area contributed by atoms with E-state index in [0.29, 0.717) is 30.0 Å². The van der Waals surface area contributed by atoms with Gasteiger partial charge in [-0.15, -0.1) is 0 Å². The molecule has 44 heavy (non-hydrogen) atoms. The third-order valence-corrected chi connectivity index (χ3v) is 8.16. The second-order valence-corrected chi connectivity index (χ2v) is 12.3. The lowest BCUT2D eigenvalue weighted by molar-refractivity contribution is -0.129. The van der Waals surface area contributed by atoms with Gasteiger partial charge in [-0.2, -0.15) is 0 Å². The van der Waals surface area contributed by atoms with Crippen molar-refractivity contribution in [2.45, 2.75) is 40.0 Å². The molecule has 2 heterocycles. The summed E-state index contributed by atoms with van der Waals surface area (Å²) in [5, 5.41) is 6.23. The molecule has 228 valence electrons. The normalized spacial score (nSPS) is 13.5. The molecule has 2 N–H and O–H groups in total. The number of carbonyl (C=O) groups is 2. The van der Waals surface area contributed by atoms with Gasteiger partial charge in [0, 0.05) is 74.5 Å². The van der Waals surface area contributed by atoms with Gasteiger partial charge in [-0.25, -0.2) is 4.98 Å². The van der Waals surface area contributed by atoms with E-state index in [0.717, 1.165) is 41.2 Å². The van der Waals surface area contributed by atoms with Gasteiger partial charge in [-0.3, -0.25) is 14.4 Å². The number of benzene rings is 3. The van der Waals surface area contributed by atoms with Crippen molar-refractivity contribution in [2.24, 2.45) is 7.05 Å². The van der Waals surface area contributed by atoms with Gasteiger partial charge in [0.25, 0.3) is 11.5 Å². The average molecular weight is 593 g/mol. The molecule has 0 atom stereocenters. The summed E-state index contributed by atoms with van der Waals surface area (Å²) in [4.78, 5) is 46.6. The Balaban J connectivity index is 1.33. The number of carbonyl (C=O) groups excluding carboxylic acids is 2. The zero-order chi connectivity index (χ0) is 31.6. The standard InChI is InChI=1S/C35H40N6O3/c1-23-29(8-7-9-30(23)38-33(43)25-10-12-26(13-11-25)35(3,4)5)31-22-39(6)34(44)32(37-31)36-27-14-16-28(17-15-27)41-20-18-40(19-21-41)24(2)42/h7-17,22H,18-21H2,1-6H3,(H,36,37)(H,38,43). The van der Waals surface area contributed by atoms with Crippen LogP contribution in [0, 0.1) is 6.92 Å². The van der Waals surface area contributed by atoms with Crippen LogP contribution in [0.5, 0.6) is 0 Å². The molecule has 0 aliphatic carbocycles. The van der Waals surface area contributed by atoms with E-state index >= 15 is 0 Å². The van der Waals surface area contributed by atoms with Gasteiger partial charge in [0.15, 0.2) is 5.82 Å². The van der Waals surface area contributed by atoms with Gasteiger partial charge in [0.05, 0.1) is 5.69 Å². The maximum atomic E-state index is 13.1. The third kappa shape index (κ3) is 6.67. The van der Waals surface area contributed by atoms with Crippen LogP contribution >= 0.6 is 0 Å². The number of piperazine rings is 1. The summed E-state index contributed by atoms with van der Waals surface area (Å²) in [6, 6.07) is 21.2. The van der Waals surface area contributed by atoms with Crippen molar-refractivity contribution in [1.82, 2.24) is 14.5 Å². The lowest BCUT2D eigenvalue weighted by atomic mass is 9.86. The number of nitrogens with one attached hydrogen (secondary N) is 2. The fourth-order valence-corrected chi connectivity index (χ4v) is 5.35. The Kier molecular flexibility index (Phi) is 8.58. The smallest absolute Gasteiger partial charge is 0.293 e. The van der Waals surface area contributed by atoms with E-state index in [1.165, 1.54) is 4.57 Å². The highest BCUT2D eigenvalue weighted by Gasteiger charge is 2.19. The molecule has 0 unspecified atom stereocenters. The minimum Gasteiger partial charge on any atom is -0.368 e. The number of amides is 2. The molecule has 9 nitrogen and oxygen atoms in total. The highest BCUT2D eigenvalue weighted by molar-refractivity contribution is 6.05. The van der Waals surface area contributed by atoms with Crippen LogP contribution < -0.4 is 21.1 Å². The van der Waals surface area contributed by atoms with E-state index in [9.17, 15) is 14.4 Å². The van der Waals surface area contributed by atoms with Crippen molar-refractivity contribution in [2.75, 3.05) is 41.7 Å². The van der Waals surface area contributed by atoms with Crippen LogP contribution in [0.3, 0.4) is 0 Å². The molecule has 5 rings (SSSR count). The highest BCUT2D eigenvalue weighted by atomic mass is 16.2. The number of anilines is 4. The second-order valence-electron chi connectivity index (χ2n) is 12.3. The summed E-state index contributed by atoms with van der Waals surface area (Å²) < 4.78 is 1.51. The molecule has 1 saturated heterocycles. The number of aromatic nitrogens is 2. The van der Waals surface area contributed by atoms with E-state index in [4.69, 9.17) is 4.98 Å². The summed E-state index contributed by atoms with van der Waals surface area (Å²) in [5.41, 5.74) is 6.25. The van der Waals surface area contributed by atoms with Crippen LogP contribution in [0.1, 0.15) is 49.2 Å². The monoisotopic (exact) mass is 592 g/mol. The predicted molar refractivity (Wildman–Crippen MR) is 177 cm³/mol. The van der Waals surface area contributed by atoms with Crippen LogP contribution in [-0.4, -0.2) is 52.4 Å². The highest BCUT2D eigenvalue weighted by Crippen LogP contribution is 2.29. The van der Waals surface area contributed by atoms with Gasteiger partial charge in [0.2, 0.25) is 5.91 Å². The van der Waals surface area contributed by atoms with Crippen molar-refractivity contribution in [3.05, 3.63) is 100.0 Å². The van der Waals surface area contributed by atoms with Gasteiger partial charge in [-0.05, 0) is 65.9 Å². The summed E-state index contributed by atoms with van der Waals surface area (Å²) in [5.74, 6) is 0.125. The van der Waals surface area contributed by atoms with Crippen LogP contribution in [0.2, 0.25) is 0 Å². The maximum Gasteiger partial charge on any atom is 0.293 e. The number of hydrogen-bond donors (Lipinski definition) is 2. The molecule has 0 radical (unpaired) electrons. The van der Waals surface area contributed by atoms with Crippen LogP contribution in [0.4, 0.5) is 22.9 Å². The number of hydrogen-bond acceptors (Lipinski definition) is 6. The number of nitrogens with zero attached hydrogens (tertiary/aromatic N) is 4. The van der Waals surface area contributed by atoms with E-state index in [1.54, 1.807) is 20.2 Å². The first-order chi connectivity index (χ1) is 20.9. The first kappa shape index (κ1) is 30.5. The SMILES string of the molecule is CC(=O)N1CCN(c2ccc(Nc3nc(-c4cccc(NC(=O)c5ccc(C(C)(C)C)cc5)c4C)cn(C)c3=O)cc2)CC1. The molecule has 0 bridgehead atoms. The quantitative estimate of drug-likeness (QED) is 0.297. The molecule has 1 aliphatic rings. The summed E-state index contributed by atoms with van der Waals surface area (Å²) >= 11 is 0. The fourth-order valence-electron chi connectivity index (χ4n) is 5.35. The first-order valence-corrected chi connectivity index (χ1v) is 14.9. The fraction of sp³-hybridized carbons (Fsp3) is 0.314. The molecule has 1 fully saturated rings. The first-order valence-electron chi connectivity index (χ1n) is 14.9. The molecule has 4 aromatic rings. The molecule has 0 spiro atoms. The molecule has 1 aliphatic heterocycles. The van der Waals surface area contributed by atoms with E-state index in [2.05, 4.69) is 36.3 Å². The van der Waals surface area contributed by atoms with Crippen molar-refractivity contribution >= 4 is 34.7 Å². The second kappa shape index (κ2) is 12.4. The largest absolute Gasteiger partial charge is 0.368 e. The third-order valence-electron chi connectivity index (χ3n) is 8.16. The van der Waals surface area contributed by atoms with Crippen molar-refractivity contribution in [3.8, 4) is 11.3 Å². The van der Waals surface area contributed by atoms with Crippen molar-refractivity contribution in [3.63, 3.8) is 0 Å². The molecule has 0 saturated carbocycles. The molecular formula is C35H40N6O3. The van der Waals surface area contributed by atoms with Gasteiger partial charge in [0.1, 0.15) is 0 Å². The van der Waals surface area contributed by atoms with Crippen molar-refractivity contribution in [1.29, 1.82) is 0 Å².